The van der Waals surface area contributed by atoms with Crippen molar-refractivity contribution in [1.29, 1.82) is 0 Å². The highest BCUT2D eigenvalue weighted by Crippen LogP contribution is 2.49. The summed E-state index contributed by atoms with van der Waals surface area (Å²) in [5.74, 6) is 1.09. The van der Waals surface area contributed by atoms with Crippen LogP contribution in [0.4, 0.5) is 5.69 Å². The maximum Gasteiger partial charge on any atom is 0.125 e. The molecule has 2 nitrogen and oxygen atoms in total. The van der Waals surface area contributed by atoms with Gasteiger partial charge in [-0.05, 0) is 50.1 Å². The zero-order valence-electron chi connectivity index (χ0n) is 15.5. The number of benzene rings is 2. The van der Waals surface area contributed by atoms with Gasteiger partial charge in [-0.25, -0.2) is 0 Å². The molecule has 0 saturated carbocycles. The summed E-state index contributed by atoms with van der Waals surface area (Å²) in [5, 5.41) is 12.7. The number of phenols is 1. The Morgan fingerprint density at radius 3 is 2.33 bits per heavy atom. The normalized spacial score (nSPS) is 19.2. The highest BCUT2D eigenvalue weighted by Gasteiger charge is 2.38. The minimum atomic E-state index is -0.00888. The van der Waals surface area contributed by atoms with E-state index in [0.29, 0.717) is 11.7 Å². The molecule has 1 aliphatic rings. The Kier molecular flexibility index (Phi) is 4.24. The van der Waals surface area contributed by atoms with Gasteiger partial charge in [0, 0.05) is 40.5 Å². The second kappa shape index (κ2) is 5.84. The van der Waals surface area contributed by atoms with Gasteiger partial charge in [0.25, 0.3) is 0 Å². The number of halogens is 1. The third-order valence-electron chi connectivity index (χ3n) is 5.23. The molecule has 0 fully saturated rings. The number of rotatable bonds is 2. The summed E-state index contributed by atoms with van der Waals surface area (Å²) in [5.41, 5.74) is 3.71. The molecule has 2 aromatic carbocycles. The van der Waals surface area contributed by atoms with Crippen molar-refractivity contribution >= 4 is 28.1 Å². The van der Waals surface area contributed by atoms with Gasteiger partial charge in [0.2, 0.25) is 0 Å². The lowest BCUT2D eigenvalue weighted by Gasteiger charge is -2.35. The predicted octanol–water partition coefficient (Wildman–Crippen LogP) is 6.00. The van der Waals surface area contributed by atoms with Gasteiger partial charge in [-0.3, -0.25) is 0 Å². The van der Waals surface area contributed by atoms with Crippen LogP contribution in [0.3, 0.4) is 0 Å². The van der Waals surface area contributed by atoms with Crippen molar-refractivity contribution in [3.63, 3.8) is 0 Å². The second-order valence-corrected chi connectivity index (χ2v) is 9.04. The molecule has 2 aromatic rings. The molecule has 0 aliphatic carbocycles. The van der Waals surface area contributed by atoms with E-state index in [9.17, 15) is 5.11 Å². The molecule has 1 aliphatic heterocycles. The van der Waals surface area contributed by atoms with Crippen molar-refractivity contribution in [1.82, 2.24) is 0 Å². The lowest BCUT2D eigenvalue weighted by atomic mass is 9.90. The van der Waals surface area contributed by atoms with Crippen molar-refractivity contribution in [2.24, 2.45) is 0 Å². The van der Waals surface area contributed by atoms with Crippen LogP contribution in [0.1, 0.15) is 64.5 Å². The van der Waals surface area contributed by atoms with Gasteiger partial charge in [-0.15, -0.1) is 11.6 Å². The number of nitrogens with zero attached hydrogens (tertiary/aromatic N) is 1. The number of phenolic OH excluding ortho intramolecular Hbond substituents is 1. The molecule has 24 heavy (non-hydrogen) atoms. The van der Waals surface area contributed by atoms with E-state index < -0.39 is 0 Å². The quantitative estimate of drug-likeness (QED) is 0.675. The lowest BCUT2D eigenvalue weighted by Crippen LogP contribution is -2.41. The summed E-state index contributed by atoms with van der Waals surface area (Å²) in [6, 6.07) is 8.35. The molecule has 2 atom stereocenters. The Morgan fingerprint density at radius 1 is 1.12 bits per heavy atom. The number of fused-ring (bicyclic) bond motifs is 3. The lowest BCUT2D eigenvalue weighted by molar-refractivity contribution is 0.479. The molecule has 1 N–H and O–H groups in total. The topological polar surface area (TPSA) is 23.5 Å². The first-order chi connectivity index (χ1) is 11.1. The molecule has 0 amide bonds. The number of alkyl halides is 1. The van der Waals surface area contributed by atoms with Crippen LogP contribution in [-0.4, -0.2) is 22.6 Å². The number of aromatic hydroxyl groups is 1. The molecular weight excluding hydrogens is 318 g/mol. The maximum atomic E-state index is 10.6. The highest BCUT2D eigenvalue weighted by molar-refractivity contribution is 6.21. The van der Waals surface area contributed by atoms with Gasteiger partial charge < -0.3 is 10.0 Å². The van der Waals surface area contributed by atoms with E-state index in [-0.39, 0.29) is 16.8 Å². The van der Waals surface area contributed by atoms with E-state index in [1.54, 1.807) is 0 Å². The van der Waals surface area contributed by atoms with E-state index in [4.69, 9.17) is 11.6 Å². The molecule has 3 heteroatoms. The molecule has 0 radical (unpaired) electrons. The van der Waals surface area contributed by atoms with Crippen LogP contribution in [-0.2, 0) is 0 Å². The van der Waals surface area contributed by atoms with E-state index >= 15 is 0 Å². The minimum Gasteiger partial charge on any atom is -0.507 e. The Morgan fingerprint density at radius 2 is 1.79 bits per heavy atom. The van der Waals surface area contributed by atoms with Crippen LogP contribution in [0.2, 0.25) is 0 Å². The molecular formula is C21H28ClNO. The first kappa shape index (κ1) is 17.4. The molecule has 130 valence electrons. The summed E-state index contributed by atoms with van der Waals surface area (Å²) < 4.78 is 0. The Hall–Kier alpha value is -1.41. The summed E-state index contributed by atoms with van der Waals surface area (Å²) >= 11 is 6.58. The third kappa shape index (κ3) is 2.75. The van der Waals surface area contributed by atoms with Gasteiger partial charge in [-0.1, -0.05) is 32.0 Å². The van der Waals surface area contributed by atoms with Crippen LogP contribution >= 0.6 is 11.6 Å². The van der Waals surface area contributed by atoms with E-state index in [1.165, 1.54) is 11.1 Å². The van der Waals surface area contributed by atoms with Gasteiger partial charge in [-0.2, -0.15) is 0 Å². The second-order valence-electron chi connectivity index (χ2n) is 8.35. The summed E-state index contributed by atoms with van der Waals surface area (Å²) in [7, 11) is 0. The fourth-order valence-electron chi connectivity index (χ4n) is 3.80. The van der Waals surface area contributed by atoms with E-state index in [1.807, 2.05) is 6.07 Å². The van der Waals surface area contributed by atoms with Gasteiger partial charge >= 0.3 is 0 Å². The van der Waals surface area contributed by atoms with Crippen LogP contribution < -0.4 is 4.90 Å². The van der Waals surface area contributed by atoms with Crippen LogP contribution in [0.25, 0.3) is 10.8 Å². The zero-order valence-corrected chi connectivity index (χ0v) is 16.3. The molecule has 2 unspecified atom stereocenters. The van der Waals surface area contributed by atoms with E-state index in [2.05, 4.69) is 64.6 Å². The van der Waals surface area contributed by atoms with Gasteiger partial charge in [0.1, 0.15) is 5.75 Å². The molecule has 3 rings (SSSR count). The summed E-state index contributed by atoms with van der Waals surface area (Å²) in [6.07, 6.45) is 0. The molecule has 0 spiro atoms. The van der Waals surface area contributed by atoms with E-state index in [0.717, 1.165) is 23.0 Å². The largest absolute Gasteiger partial charge is 0.507 e. The number of hydrogen-bond acceptors (Lipinski definition) is 2. The summed E-state index contributed by atoms with van der Waals surface area (Å²) in [4.78, 5) is 2.38. The maximum absolute atomic E-state index is 10.6. The Labute approximate surface area is 150 Å². The predicted molar refractivity (Wildman–Crippen MR) is 105 cm³/mol. The highest BCUT2D eigenvalue weighted by atomic mass is 35.5. The van der Waals surface area contributed by atoms with Crippen LogP contribution in [0.5, 0.6) is 5.75 Å². The standard InChI is InChI=1S/C21H28ClNO/c1-12(2)14-7-8-15-16(9-14)20-17(13(3)22)11-23(21(4,5)6)18(20)10-19(15)24/h7-10,12-13,17,24H,11H2,1-6H3. The monoisotopic (exact) mass is 345 g/mol. The van der Waals surface area contributed by atoms with Crippen molar-refractivity contribution in [3.8, 4) is 5.75 Å². The smallest absolute Gasteiger partial charge is 0.125 e. The van der Waals surface area contributed by atoms with Gasteiger partial charge in [0.15, 0.2) is 0 Å². The average Bonchev–Trinajstić information content (AvgIpc) is 2.86. The van der Waals surface area contributed by atoms with Crippen molar-refractivity contribution in [3.05, 3.63) is 35.4 Å². The molecule has 0 bridgehead atoms. The fraction of sp³-hybridized carbons (Fsp3) is 0.524. The first-order valence-corrected chi connectivity index (χ1v) is 9.26. The number of anilines is 1. The Balaban J connectivity index is 2.34. The van der Waals surface area contributed by atoms with Crippen LogP contribution in [0, 0.1) is 0 Å². The average molecular weight is 346 g/mol. The summed E-state index contributed by atoms with van der Waals surface area (Å²) in [6.45, 7) is 14.0. The Bertz CT molecular complexity index is 773. The first-order valence-electron chi connectivity index (χ1n) is 8.82. The van der Waals surface area contributed by atoms with Crippen LogP contribution in [0.15, 0.2) is 24.3 Å². The minimum absolute atomic E-state index is 0.00888. The molecule has 1 heterocycles. The SMILES string of the molecule is CC(C)c1ccc2c(O)cc3c(c2c1)C(C(C)Cl)CN3C(C)(C)C. The fourth-order valence-corrected chi connectivity index (χ4v) is 4.01. The van der Waals surface area contributed by atoms with Crippen molar-refractivity contribution < 1.29 is 5.11 Å². The van der Waals surface area contributed by atoms with Crippen molar-refractivity contribution in [2.75, 3.05) is 11.4 Å². The van der Waals surface area contributed by atoms with Gasteiger partial charge in [0.05, 0.1) is 0 Å². The molecule has 0 saturated heterocycles. The van der Waals surface area contributed by atoms with Crippen molar-refractivity contribution in [2.45, 2.75) is 64.3 Å². The third-order valence-corrected chi connectivity index (χ3v) is 5.54. The number of hydrogen-bond donors (Lipinski definition) is 1. The molecule has 0 aromatic heterocycles. The zero-order chi connectivity index (χ0) is 17.8.